The molecule has 1 aromatic carbocycles. The molecular weight excluding hydrogens is 330 g/mol. The van der Waals surface area contributed by atoms with Gasteiger partial charge in [-0.05, 0) is 53.4 Å². The van der Waals surface area contributed by atoms with E-state index >= 15 is 0 Å². The third-order valence-corrected chi connectivity index (χ3v) is 4.66. The maximum Gasteiger partial charge on any atom is 0.230 e. The fourth-order valence-electron chi connectivity index (χ4n) is 2.39. The molecule has 0 saturated heterocycles. The van der Waals surface area contributed by atoms with E-state index in [1.165, 1.54) is 0 Å². The van der Waals surface area contributed by atoms with Gasteiger partial charge in [0.15, 0.2) is 0 Å². The van der Waals surface area contributed by atoms with Gasteiger partial charge in [0.25, 0.3) is 0 Å². The molecule has 0 radical (unpaired) electrons. The third-order valence-electron chi connectivity index (χ3n) is 3.44. The average molecular weight is 343 g/mol. The molecule has 0 aliphatic heterocycles. The van der Waals surface area contributed by atoms with Crippen molar-refractivity contribution in [3.05, 3.63) is 33.6 Å². The standard InChI is InChI=1S/C13H13BrClN3O/c14-10-6-7(2-4-11(10)15)12-17-13(19-18-12)8-1-3-9(16)5-8/h2,4,6,8-9H,1,3,5,16H2. The minimum Gasteiger partial charge on any atom is -0.339 e. The van der Waals surface area contributed by atoms with Gasteiger partial charge < -0.3 is 10.3 Å². The summed E-state index contributed by atoms with van der Waals surface area (Å²) in [7, 11) is 0. The van der Waals surface area contributed by atoms with Crippen LogP contribution in [-0.4, -0.2) is 16.2 Å². The molecule has 4 nitrogen and oxygen atoms in total. The Morgan fingerprint density at radius 2 is 2.21 bits per heavy atom. The highest BCUT2D eigenvalue weighted by Gasteiger charge is 2.28. The predicted octanol–water partition coefficient (Wildman–Crippen LogP) is 3.75. The monoisotopic (exact) mass is 341 g/mol. The van der Waals surface area contributed by atoms with Crippen LogP contribution < -0.4 is 5.73 Å². The second-order valence-electron chi connectivity index (χ2n) is 4.86. The lowest BCUT2D eigenvalue weighted by Crippen LogP contribution is -2.14. The van der Waals surface area contributed by atoms with Crippen molar-refractivity contribution in [2.45, 2.75) is 31.2 Å². The van der Waals surface area contributed by atoms with E-state index in [4.69, 9.17) is 21.9 Å². The molecular formula is C13H13BrClN3O. The zero-order valence-corrected chi connectivity index (χ0v) is 12.5. The summed E-state index contributed by atoms with van der Waals surface area (Å²) < 4.78 is 6.18. The molecule has 2 atom stereocenters. The Hall–Kier alpha value is -0.910. The Bertz CT molecular complexity index is 601. The molecule has 19 heavy (non-hydrogen) atoms. The van der Waals surface area contributed by atoms with Crippen LogP contribution >= 0.6 is 27.5 Å². The first kappa shape index (κ1) is 13.1. The van der Waals surface area contributed by atoms with Crippen LogP contribution in [0, 0.1) is 0 Å². The van der Waals surface area contributed by atoms with E-state index in [2.05, 4.69) is 26.1 Å². The van der Waals surface area contributed by atoms with Gasteiger partial charge in [0.2, 0.25) is 11.7 Å². The summed E-state index contributed by atoms with van der Waals surface area (Å²) in [5.41, 5.74) is 6.79. The quantitative estimate of drug-likeness (QED) is 0.902. The number of rotatable bonds is 2. The summed E-state index contributed by atoms with van der Waals surface area (Å²) in [4.78, 5) is 4.47. The third kappa shape index (κ3) is 2.68. The van der Waals surface area contributed by atoms with E-state index in [1.54, 1.807) is 0 Å². The van der Waals surface area contributed by atoms with Crippen molar-refractivity contribution in [1.29, 1.82) is 0 Å². The lowest BCUT2D eigenvalue weighted by atomic mass is 10.1. The van der Waals surface area contributed by atoms with Crippen molar-refractivity contribution in [2.75, 3.05) is 0 Å². The molecule has 2 N–H and O–H groups in total. The van der Waals surface area contributed by atoms with Gasteiger partial charge in [0.1, 0.15) is 0 Å². The number of hydrogen-bond donors (Lipinski definition) is 1. The smallest absolute Gasteiger partial charge is 0.230 e. The molecule has 2 aromatic rings. The van der Waals surface area contributed by atoms with Gasteiger partial charge in [-0.1, -0.05) is 16.8 Å². The first-order valence-electron chi connectivity index (χ1n) is 6.18. The van der Waals surface area contributed by atoms with Crippen LogP contribution in [0.4, 0.5) is 0 Å². The lowest BCUT2D eigenvalue weighted by molar-refractivity contribution is 0.353. The molecule has 0 amide bonds. The summed E-state index contributed by atoms with van der Waals surface area (Å²) in [6.45, 7) is 0. The molecule has 0 spiro atoms. The maximum atomic E-state index is 5.97. The predicted molar refractivity (Wildman–Crippen MR) is 77.0 cm³/mol. The average Bonchev–Trinajstić information content (AvgIpc) is 3.01. The summed E-state index contributed by atoms with van der Waals surface area (Å²) in [5, 5.41) is 4.70. The van der Waals surface area contributed by atoms with Gasteiger partial charge in [0.05, 0.1) is 5.02 Å². The fourth-order valence-corrected chi connectivity index (χ4v) is 2.89. The maximum absolute atomic E-state index is 5.97. The number of benzene rings is 1. The first-order valence-corrected chi connectivity index (χ1v) is 7.35. The molecule has 100 valence electrons. The van der Waals surface area contributed by atoms with E-state index in [-0.39, 0.29) is 6.04 Å². The van der Waals surface area contributed by atoms with Crippen LogP contribution in [0.5, 0.6) is 0 Å². The molecule has 1 heterocycles. The SMILES string of the molecule is NC1CCC(c2nc(-c3ccc(Cl)c(Br)c3)no2)C1. The highest BCUT2D eigenvalue weighted by Crippen LogP contribution is 2.34. The minimum atomic E-state index is 0.255. The Labute approximate surface area is 124 Å². The molecule has 3 rings (SSSR count). The molecule has 6 heteroatoms. The number of hydrogen-bond acceptors (Lipinski definition) is 4. The molecule has 1 saturated carbocycles. The number of nitrogens with zero attached hydrogens (tertiary/aromatic N) is 2. The first-order chi connectivity index (χ1) is 9.13. The largest absolute Gasteiger partial charge is 0.339 e. The van der Waals surface area contributed by atoms with Crippen molar-refractivity contribution < 1.29 is 4.52 Å². The van der Waals surface area contributed by atoms with Crippen LogP contribution in [0.1, 0.15) is 31.1 Å². The van der Waals surface area contributed by atoms with E-state index < -0.39 is 0 Å². The number of aromatic nitrogens is 2. The molecule has 1 aliphatic carbocycles. The van der Waals surface area contributed by atoms with Crippen LogP contribution in [0.3, 0.4) is 0 Å². The second kappa shape index (κ2) is 5.23. The number of halogens is 2. The zero-order chi connectivity index (χ0) is 13.4. The van der Waals surface area contributed by atoms with Crippen molar-refractivity contribution in [3.63, 3.8) is 0 Å². The summed E-state index contributed by atoms with van der Waals surface area (Å²) >= 11 is 9.36. The Balaban J connectivity index is 1.86. The molecule has 0 bridgehead atoms. The van der Waals surface area contributed by atoms with E-state index in [0.717, 1.165) is 29.3 Å². The van der Waals surface area contributed by atoms with E-state index in [0.29, 0.717) is 22.7 Å². The van der Waals surface area contributed by atoms with Gasteiger partial charge in [-0.3, -0.25) is 0 Å². The molecule has 2 unspecified atom stereocenters. The fraction of sp³-hybridized carbons (Fsp3) is 0.385. The van der Waals surface area contributed by atoms with Crippen molar-refractivity contribution in [2.24, 2.45) is 5.73 Å². The normalized spacial score (nSPS) is 22.9. The molecule has 1 aliphatic rings. The van der Waals surface area contributed by atoms with Crippen LogP contribution in [0.15, 0.2) is 27.2 Å². The summed E-state index contributed by atoms with van der Waals surface area (Å²) in [5.74, 6) is 1.58. The Morgan fingerprint density at radius 3 is 2.89 bits per heavy atom. The summed E-state index contributed by atoms with van der Waals surface area (Å²) in [6, 6.07) is 5.83. The van der Waals surface area contributed by atoms with Crippen LogP contribution in [0.2, 0.25) is 5.02 Å². The van der Waals surface area contributed by atoms with Gasteiger partial charge in [-0.2, -0.15) is 4.98 Å². The topological polar surface area (TPSA) is 64.9 Å². The van der Waals surface area contributed by atoms with Crippen molar-refractivity contribution in [3.8, 4) is 11.4 Å². The zero-order valence-electron chi connectivity index (χ0n) is 10.1. The molecule has 1 fully saturated rings. The van der Waals surface area contributed by atoms with Crippen LogP contribution in [0.25, 0.3) is 11.4 Å². The lowest BCUT2D eigenvalue weighted by Gasteiger charge is -2.01. The highest BCUT2D eigenvalue weighted by atomic mass is 79.9. The summed E-state index contributed by atoms with van der Waals surface area (Å²) in [6.07, 6.45) is 2.97. The van der Waals surface area contributed by atoms with Crippen molar-refractivity contribution in [1.82, 2.24) is 10.1 Å². The van der Waals surface area contributed by atoms with E-state index in [9.17, 15) is 0 Å². The second-order valence-corrected chi connectivity index (χ2v) is 6.12. The van der Waals surface area contributed by atoms with Crippen LogP contribution in [-0.2, 0) is 0 Å². The minimum absolute atomic E-state index is 0.255. The highest BCUT2D eigenvalue weighted by molar-refractivity contribution is 9.10. The number of nitrogens with two attached hydrogens (primary N) is 1. The van der Waals surface area contributed by atoms with E-state index in [1.807, 2.05) is 18.2 Å². The van der Waals surface area contributed by atoms with Gasteiger partial charge in [-0.15, -0.1) is 0 Å². The Kier molecular flexibility index (Phi) is 3.60. The van der Waals surface area contributed by atoms with Gasteiger partial charge in [0, 0.05) is 22.0 Å². The Morgan fingerprint density at radius 1 is 1.37 bits per heavy atom. The van der Waals surface area contributed by atoms with Crippen molar-refractivity contribution >= 4 is 27.5 Å². The molecule has 1 aromatic heterocycles. The van der Waals surface area contributed by atoms with Gasteiger partial charge in [-0.25, -0.2) is 0 Å². The van der Waals surface area contributed by atoms with Gasteiger partial charge >= 0.3 is 0 Å².